The summed E-state index contributed by atoms with van der Waals surface area (Å²) in [6.45, 7) is 4.62. The fourth-order valence-electron chi connectivity index (χ4n) is 10.3. The van der Waals surface area contributed by atoms with Crippen molar-refractivity contribution in [2.75, 3.05) is 39.6 Å². The van der Waals surface area contributed by atoms with Crippen LogP contribution in [0.3, 0.4) is 0 Å². The average Bonchev–Trinajstić information content (AvgIpc) is 0.907. The van der Waals surface area contributed by atoms with Crippen molar-refractivity contribution in [2.45, 2.75) is 341 Å². The summed E-state index contributed by atoms with van der Waals surface area (Å²) in [5.41, 5.74) is 0. The Morgan fingerprint density at radius 1 is 0.284 bits per heavy atom. The second kappa shape index (κ2) is 74.7. The fraction of sp³-hybridized carbons (Fsp3) is 0.711. The molecule has 3 N–H and O–H groups in total. The van der Waals surface area contributed by atoms with Crippen molar-refractivity contribution in [3.63, 3.8) is 0 Å². The van der Waals surface area contributed by atoms with Crippen molar-refractivity contribution in [1.82, 2.24) is 0 Å². The van der Waals surface area contributed by atoms with Gasteiger partial charge in [0.05, 0.1) is 26.4 Å². The largest absolute Gasteiger partial charge is 0.472 e. The van der Waals surface area contributed by atoms with Gasteiger partial charge in [0.1, 0.15) is 19.3 Å². The van der Waals surface area contributed by atoms with Gasteiger partial charge in [0.2, 0.25) is 0 Å². The monoisotopic (exact) mass is 1470 g/mol. The van der Waals surface area contributed by atoms with E-state index < -0.39 is 97.5 Å². The van der Waals surface area contributed by atoms with Crippen molar-refractivity contribution in [1.29, 1.82) is 0 Å². The van der Waals surface area contributed by atoms with E-state index in [1.807, 2.05) is 0 Å². The first-order valence-corrected chi connectivity index (χ1v) is 42.8. The molecule has 586 valence electrons. The first kappa shape index (κ1) is 97.5. The minimum Gasteiger partial charge on any atom is -0.462 e. The second-order valence-electron chi connectivity index (χ2n) is 26.3. The van der Waals surface area contributed by atoms with E-state index in [0.29, 0.717) is 32.1 Å². The van der Waals surface area contributed by atoms with Gasteiger partial charge in [-0.25, -0.2) is 9.13 Å². The molecule has 17 nitrogen and oxygen atoms in total. The van der Waals surface area contributed by atoms with Crippen LogP contribution in [0.4, 0.5) is 0 Å². The van der Waals surface area contributed by atoms with E-state index in [0.717, 1.165) is 173 Å². The van der Waals surface area contributed by atoms with Crippen LogP contribution in [0, 0.1) is 0 Å². The van der Waals surface area contributed by atoms with Crippen LogP contribution in [0.25, 0.3) is 0 Å². The molecule has 0 aromatic carbocycles. The zero-order valence-electron chi connectivity index (χ0n) is 64.0. The maximum absolute atomic E-state index is 13.1. The maximum atomic E-state index is 13.1. The number of aliphatic hydroxyl groups excluding tert-OH is 1. The van der Waals surface area contributed by atoms with E-state index in [-0.39, 0.29) is 25.7 Å². The lowest BCUT2D eigenvalue weighted by Gasteiger charge is -2.21. The highest BCUT2D eigenvalue weighted by molar-refractivity contribution is 7.47. The Kier molecular flexibility index (Phi) is 71.4. The average molecular weight is 1470 g/mol. The van der Waals surface area contributed by atoms with Gasteiger partial charge in [-0.05, 0) is 161 Å². The Bertz CT molecular complexity index is 2410. The second-order valence-corrected chi connectivity index (χ2v) is 29.2. The number of carbonyl (C=O) groups excluding carboxylic acids is 4. The number of esters is 4. The van der Waals surface area contributed by atoms with E-state index in [9.17, 15) is 43.2 Å². The van der Waals surface area contributed by atoms with Crippen molar-refractivity contribution in [3.05, 3.63) is 122 Å². The molecule has 5 atom stereocenters. The van der Waals surface area contributed by atoms with Gasteiger partial charge in [-0.1, -0.05) is 258 Å². The number of rotatable bonds is 74. The number of aliphatic hydroxyl groups is 1. The van der Waals surface area contributed by atoms with Gasteiger partial charge in [0.25, 0.3) is 0 Å². The van der Waals surface area contributed by atoms with Crippen molar-refractivity contribution in [2.24, 2.45) is 0 Å². The highest BCUT2D eigenvalue weighted by Crippen LogP contribution is 2.45. The van der Waals surface area contributed by atoms with Crippen LogP contribution in [0.15, 0.2) is 122 Å². The minimum absolute atomic E-state index is 0.0371. The quantitative estimate of drug-likeness (QED) is 0.0169. The predicted molar refractivity (Wildman–Crippen MR) is 418 cm³/mol. The Morgan fingerprint density at radius 2 is 0.510 bits per heavy atom. The molecule has 0 saturated heterocycles. The van der Waals surface area contributed by atoms with Crippen LogP contribution in [0.5, 0.6) is 0 Å². The lowest BCUT2D eigenvalue weighted by Crippen LogP contribution is -2.30. The van der Waals surface area contributed by atoms with Crippen LogP contribution in [0.1, 0.15) is 323 Å². The number of hydrogen-bond donors (Lipinski definition) is 3. The topological polar surface area (TPSA) is 237 Å². The molecule has 102 heavy (non-hydrogen) atoms. The number of phosphoric acid groups is 2. The predicted octanol–water partition coefficient (Wildman–Crippen LogP) is 23.1. The van der Waals surface area contributed by atoms with E-state index in [1.165, 1.54) is 64.2 Å². The van der Waals surface area contributed by atoms with Crippen LogP contribution >= 0.6 is 15.6 Å². The molecule has 0 aliphatic carbocycles. The summed E-state index contributed by atoms with van der Waals surface area (Å²) in [4.78, 5) is 73.0. The van der Waals surface area contributed by atoms with Gasteiger partial charge in [-0.3, -0.25) is 37.3 Å². The van der Waals surface area contributed by atoms with Crippen molar-refractivity contribution < 1.29 is 80.2 Å². The molecule has 0 aliphatic heterocycles. The Labute approximate surface area is 619 Å². The molecule has 19 heteroatoms. The molecule has 0 bridgehead atoms. The fourth-order valence-corrected chi connectivity index (χ4v) is 11.9. The number of carbonyl (C=O) groups is 4. The molecular weight excluding hydrogens is 1330 g/mol. The molecule has 0 saturated carbocycles. The maximum Gasteiger partial charge on any atom is 0.472 e. The van der Waals surface area contributed by atoms with E-state index in [1.54, 1.807) is 0 Å². The summed E-state index contributed by atoms with van der Waals surface area (Å²) in [5, 5.41) is 10.6. The minimum atomic E-state index is -4.99. The van der Waals surface area contributed by atoms with Crippen LogP contribution in [-0.4, -0.2) is 96.7 Å². The number of allylic oxidation sites excluding steroid dienone is 20. The molecule has 0 aliphatic rings. The molecule has 0 spiro atoms. The highest BCUT2D eigenvalue weighted by Gasteiger charge is 2.30. The highest BCUT2D eigenvalue weighted by atomic mass is 31.2. The van der Waals surface area contributed by atoms with Gasteiger partial charge in [-0.15, -0.1) is 0 Å². The molecule has 5 unspecified atom stereocenters. The van der Waals surface area contributed by atoms with E-state index in [4.69, 9.17) is 37.0 Å². The van der Waals surface area contributed by atoms with Gasteiger partial charge in [0, 0.05) is 25.7 Å². The number of hydrogen-bond acceptors (Lipinski definition) is 15. The first-order valence-electron chi connectivity index (χ1n) is 39.8. The van der Waals surface area contributed by atoms with Gasteiger partial charge in [-0.2, -0.15) is 0 Å². The van der Waals surface area contributed by atoms with E-state index in [2.05, 4.69) is 149 Å². The third kappa shape index (κ3) is 73.8. The normalized spacial score (nSPS) is 14.5. The summed E-state index contributed by atoms with van der Waals surface area (Å²) in [7, 11) is -9.98. The van der Waals surface area contributed by atoms with Gasteiger partial charge < -0.3 is 33.8 Å². The third-order valence-electron chi connectivity index (χ3n) is 16.4. The Hall–Kier alpha value is -4.54. The number of phosphoric ester groups is 2. The number of ether oxygens (including phenoxy) is 4. The van der Waals surface area contributed by atoms with Crippen LogP contribution in [0.2, 0.25) is 0 Å². The molecular formula is C83H142O17P2. The Morgan fingerprint density at radius 3 is 0.833 bits per heavy atom. The summed E-state index contributed by atoms with van der Waals surface area (Å²) in [6, 6.07) is 0. The zero-order valence-corrected chi connectivity index (χ0v) is 65.8. The summed E-state index contributed by atoms with van der Waals surface area (Å²) in [5.74, 6) is -2.26. The summed E-state index contributed by atoms with van der Waals surface area (Å²) in [6.07, 6.45) is 81.8. The molecule has 0 rings (SSSR count). The first-order chi connectivity index (χ1) is 49.7. The lowest BCUT2D eigenvalue weighted by molar-refractivity contribution is -0.161. The van der Waals surface area contributed by atoms with Crippen molar-refractivity contribution in [3.8, 4) is 0 Å². The molecule has 0 amide bonds. The smallest absolute Gasteiger partial charge is 0.462 e. The van der Waals surface area contributed by atoms with Crippen molar-refractivity contribution >= 4 is 39.5 Å². The van der Waals surface area contributed by atoms with Gasteiger partial charge >= 0.3 is 39.5 Å². The standard InChI is InChI=1S/C83H142O17P2/c1-5-9-13-17-21-25-29-33-36-37-38-39-42-45-48-52-56-60-64-68-81(86)94-74-79(100-83(88)70-66-62-58-54-50-46-41-35-31-27-23-19-15-11-7-3)76-98-102(91,92)96-72-77(84)71-95-101(89,90)97-75-78(99-82(87)69-65-61-57-53-49-43-32-28-24-20-16-12-8-4)73-93-80(85)67-63-59-55-51-47-44-40-34-30-26-22-18-14-10-6-2/h11,15,21-23,25-28,32-36,38-41,50,54,77-79,84H,5-10,12-14,16-20,24,29-31,37,42-49,51-53,55-76H2,1-4H3,(H,89,90)(H,91,92)/b15-11-,25-21-,26-22-,27-23-,32-28-,36-33-,39-38-,40-34-,41-35-,54-50-. The molecule has 0 fully saturated rings. The lowest BCUT2D eigenvalue weighted by atomic mass is 10.1. The van der Waals surface area contributed by atoms with E-state index >= 15 is 0 Å². The summed E-state index contributed by atoms with van der Waals surface area (Å²) >= 11 is 0. The SMILES string of the molecule is CC/C=C\C/C=C\C/C=C\C/C=C\CCCCC(=O)OC(COC(=O)CCCCCCCC/C=C\C/C=C\C/C=C\CCCCC)COP(=O)(O)OCC(O)COP(=O)(O)OCC(COC(=O)CCCCCCC/C=C\C/C=C\CCCCC)OC(=O)CCCCCCC/C=C\CCCCCC. The summed E-state index contributed by atoms with van der Waals surface area (Å²) < 4.78 is 68.5. The van der Waals surface area contributed by atoms with Gasteiger partial charge in [0.15, 0.2) is 12.2 Å². The van der Waals surface area contributed by atoms with Crippen LogP contribution < -0.4 is 0 Å². The third-order valence-corrected chi connectivity index (χ3v) is 18.3. The molecule has 0 aromatic heterocycles. The zero-order chi connectivity index (χ0) is 74.6. The molecule has 0 aromatic rings. The molecule has 0 heterocycles. The molecule has 0 radical (unpaired) electrons. The van der Waals surface area contributed by atoms with Crippen LogP contribution in [-0.2, 0) is 65.4 Å². The Balaban J connectivity index is 5.40. The number of unbranched alkanes of at least 4 members (excludes halogenated alkanes) is 28.